The molecule has 12 heteroatoms. The lowest BCUT2D eigenvalue weighted by Gasteiger charge is -2.24. The zero-order valence-electron chi connectivity index (χ0n) is 18.8. The third-order valence-electron chi connectivity index (χ3n) is 4.95. The van der Waals surface area contributed by atoms with Crippen LogP contribution >= 0.6 is 0 Å². The van der Waals surface area contributed by atoms with Crippen LogP contribution in [0.2, 0.25) is 0 Å². The number of nitrogens with zero attached hydrogens (tertiary/aromatic N) is 1. The Kier molecular flexibility index (Phi) is 11.3. The first-order valence-electron chi connectivity index (χ1n) is 10.6. The first kappa shape index (κ1) is 27.0. The van der Waals surface area contributed by atoms with Crippen LogP contribution in [0, 0.1) is 5.92 Å². The molecular formula is C20H35N7O5. The summed E-state index contributed by atoms with van der Waals surface area (Å²) in [5.41, 5.74) is 11.8. The molecule has 0 aliphatic heterocycles. The van der Waals surface area contributed by atoms with Gasteiger partial charge in [-0.25, -0.2) is 9.78 Å². The molecule has 1 rings (SSSR count). The van der Waals surface area contributed by atoms with Crippen LogP contribution in [0.1, 0.15) is 45.7 Å². The number of carbonyl (C=O) groups is 4. The zero-order valence-corrected chi connectivity index (χ0v) is 18.8. The summed E-state index contributed by atoms with van der Waals surface area (Å²) in [4.78, 5) is 55.9. The highest BCUT2D eigenvalue weighted by molar-refractivity contribution is 5.94. The van der Waals surface area contributed by atoms with Crippen LogP contribution in [-0.4, -0.2) is 69.5 Å². The van der Waals surface area contributed by atoms with Crippen LogP contribution in [0.3, 0.4) is 0 Å². The van der Waals surface area contributed by atoms with Gasteiger partial charge in [-0.1, -0.05) is 13.8 Å². The smallest absolute Gasteiger partial charge is 0.326 e. The fourth-order valence-corrected chi connectivity index (χ4v) is 2.82. The van der Waals surface area contributed by atoms with E-state index in [1.165, 1.54) is 19.4 Å². The molecular weight excluding hydrogens is 418 g/mol. The van der Waals surface area contributed by atoms with Gasteiger partial charge in [0.1, 0.15) is 18.1 Å². The van der Waals surface area contributed by atoms with E-state index in [1.54, 1.807) is 13.8 Å². The van der Waals surface area contributed by atoms with E-state index >= 15 is 0 Å². The Balaban J connectivity index is 2.86. The molecule has 3 amide bonds. The molecule has 0 radical (unpaired) electrons. The molecule has 0 saturated heterocycles. The molecule has 0 aliphatic carbocycles. The number of aliphatic carboxylic acids is 1. The number of carbonyl (C=O) groups excluding carboxylic acids is 3. The Morgan fingerprint density at radius 2 is 1.69 bits per heavy atom. The number of unbranched alkanes of at least 4 members (excludes halogenated alkanes) is 1. The van der Waals surface area contributed by atoms with Gasteiger partial charge in [0.25, 0.3) is 0 Å². The number of aromatic nitrogens is 2. The van der Waals surface area contributed by atoms with E-state index in [4.69, 9.17) is 11.5 Å². The summed E-state index contributed by atoms with van der Waals surface area (Å²) < 4.78 is 0. The fourth-order valence-electron chi connectivity index (χ4n) is 2.82. The molecule has 0 spiro atoms. The van der Waals surface area contributed by atoms with Crippen LogP contribution in [0.4, 0.5) is 0 Å². The molecule has 9 N–H and O–H groups in total. The van der Waals surface area contributed by atoms with Crippen molar-refractivity contribution in [2.24, 2.45) is 17.4 Å². The van der Waals surface area contributed by atoms with E-state index in [-0.39, 0.29) is 18.8 Å². The van der Waals surface area contributed by atoms with Crippen molar-refractivity contribution in [3.63, 3.8) is 0 Å². The minimum absolute atomic E-state index is 0.0545. The highest BCUT2D eigenvalue weighted by atomic mass is 16.4. The Bertz CT molecular complexity index is 754. The van der Waals surface area contributed by atoms with Crippen molar-refractivity contribution in [1.82, 2.24) is 25.9 Å². The lowest BCUT2D eigenvalue weighted by Crippen LogP contribution is -2.57. The normalized spacial score (nSPS) is 14.8. The predicted molar refractivity (Wildman–Crippen MR) is 117 cm³/mol. The molecule has 4 unspecified atom stereocenters. The van der Waals surface area contributed by atoms with Crippen molar-refractivity contribution in [3.05, 3.63) is 18.2 Å². The number of hydrogen-bond donors (Lipinski definition) is 7. The van der Waals surface area contributed by atoms with Crippen molar-refractivity contribution >= 4 is 23.7 Å². The standard InChI is InChI=1S/C20H35N7O5/c1-11(2)16(22)19(30)25-12(3)17(28)27-15(8-13-9-23-10-24-13)18(29)26-14(20(31)32)6-4-5-7-21/h9-12,14-16H,4-8,21-22H2,1-3H3,(H,23,24)(H,25,30)(H,26,29)(H,27,28)(H,31,32). The third-order valence-corrected chi connectivity index (χ3v) is 4.95. The van der Waals surface area contributed by atoms with Crippen molar-refractivity contribution < 1.29 is 24.3 Å². The van der Waals surface area contributed by atoms with Gasteiger partial charge < -0.3 is 37.5 Å². The van der Waals surface area contributed by atoms with Crippen molar-refractivity contribution in [2.75, 3.05) is 6.54 Å². The maximum Gasteiger partial charge on any atom is 0.326 e. The molecule has 0 fully saturated rings. The van der Waals surface area contributed by atoms with Gasteiger partial charge in [0.05, 0.1) is 12.4 Å². The Labute approximate surface area is 187 Å². The van der Waals surface area contributed by atoms with Gasteiger partial charge in [-0.2, -0.15) is 0 Å². The average molecular weight is 454 g/mol. The Hall–Kier alpha value is -2.99. The maximum atomic E-state index is 12.8. The van der Waals surface area contributed by atoms with E-state index in [1.807, 2.05) is 0 Å². The number of nitrogens with one attached hydrogen (secondary N) is 4. The van der Waals surface area contributed by atoms with E-state index in [0.29, 0.717) is 25.1 Å². The molecule has 32 heavy (non-hydrogen) atoms. The summed E-state index contributed by atoms with van der Waals surface area (Å²) in [5.74, 6) is -3.04. The van der Waals surface area contributed by atoms with Crippen LogP contribution in [0.15, 0.2) is 12.5 Å². The number of rotatable bonds is 14. The van der Waals surface area contributed by atoms with Crippen molar-refractivity contribution in [1.29, 1.82) is 0 Å². The van der Waals surface area contributed by atoms with Gasteiger partial charge in [0.15, 0.2) is 0 Å². The molecule has 0 aromatic carbocycles. The summed E-state index contributed by atoms with van der Waals surface area (Å²) in [6, 6.07) is -3.93. The van der Waals surface area contributed by atoms with Gasteiger partial charge in [0.2, 0.25) is 17.7 Å². The van der Waals surface area contributed by atoms with E-state index in [0.717, 1.165) is 0 Å². The number of carboxylic acid groups (broad SMARTS) is 1. The maximum absolute atomic E-state index is 12.8. The zero-order chi connectivity index (χ0) is 24.3. The first-order valence-corrected chi connectivity index (χ1v) is 10.6. The largest absolute Gasteiger partial charge is 0.480 e. The second kappa shape index (κ2) is 13.4. The van der Waals surface area contributed by atoms with Crippen molar-refractivity contribution in [2.45, 2.75) is 70.6 Å². The summed E-state index contributed by atoms with van der Waals surface area (Å²) in [6.07, 6.45) is 4.35. The quantitative estimate of drug-likeness (QED) is 0.167. The molecule has 12 nitrogen and oxygen atoms in total. The SMILES string of the molecule is CC(NC(=O)C(N)C(C)C)C(=O)NC(Cc1cnc[nH]1)C(=O)NC(CCCCN)C(=O)O. The summed E-state index contributed by atoms with van der Waals surface area (Å²) in [7, 11) is 0. The van der Waals surface area contributed by atoms with Crippen molar-refractivity contribution in [3.8, 4) is 0 Å². The Morgan fingerprint density at radius 3 is 2.22 bits per heavy atom. The number of aromatic amines is 1. The monoisotopic (exact) mass is 453 g/mol. The molecule has 1 aromatic heterocycles. The molecule has 4 atom stereocenters. The van der Waals surface area contributed by atoms with Gasteiger partial charge >= 0.3 is 5.97 Å². The number of amides is 3. The number of carboxylic acids is 1. The minimum Gasteiger partial charge on any atom is -0.480 e. The van der Waals surface area contributed by atoms with E-state index in [2.05, 4.69) is 25.9 Å². The molecule has 1 aromatic rings. The first-order chi connectivity index (χ1) is 15.1. The third kappa shape index (κ3) is 9.02. The lowest BCUT2D eigenvalue weighted by atomic mass is 10.0. The van der Waals surface area contributed by atoms with Gasteiger partial charge in [-0.3, -0.25) is 14.4 Å². The number of H-pyrrole nitrogens is 1. The van der Waals surface area contributed by atoms with Gasteiger partial charge in [-0.05, 0) is 38.6 Å². The molecule has 0 bridgehead atoms. The topological polar surface area (TPSA) is 205 Å². The fraction of sp³-hybridized carbons (Fsp3) is 0.650. The van der Waals surface area contributed by atoms with Crippen LogP contribution in [-0.2, 0) is 25.6 Å². The Morgan fingerprint density at radius 1 is 1.03 bits per heavy atom. The summed E-state index contributed by atoms with van der Waals surface area (Å²) >= 11 is 0. The average Bonchev–Trinajstić information content (AvgIpc) is 3.24. The van der Waals surface area contributed by atoms with Crippen LogP contribution in [0.5, 0.6) is 0 Å². The highest BCUT2D eigenvalue weighted by Crippen LogP contribution is 2.05. The molecule has 180 valence electrons. The lowest BCUT2D eigenvalue weighted by molar-refractivity contribution is -0.142. The number of nitrogens with two attached hydrogens (primary N) is 2. The predicted octanol–water partition coefficient (Wildman–Crippen LogP) is -1.38. The van der Waals surface area contributed by atoms with Crippen LogP contribution in [0.25, 0.3) is 0 Å². The van der Waals surface area contributed by atoms with Gasteiger partial charge in [-0.15, -0.1) is 0 Å². The molecule has 1 heterocycles. The summed E-state index contributed by atoms with van der Waals surface area (Å²) in [5, 5.41) is 17.0. The summed E-state index contributed by atoms with van der Waals surface area (Å²) in [6.45, 7) is 5.46. The van der Waals surface area contributed by atoms with E-state index in [9.17, 15) is 24.3 Å². The molecule has 0 aliphatic rings. The number of hydrogen-bond acceptors (Lipinski definition) is 7. The van der Waals surface area contributed by atoms with Gasteiger partial charge in [0, 0.05) is 18.3 Å². The van der Waals surface area contributed by atoms with E-state index < -0.39 is 47.9 Å². The minimum atomic E-state index is -1.18. The van der Waals surface area contributed by atoms with Crippen LogP contribution < -0.4 is 27.4 Å². The second-order valence-electron chi connectivity index (χ2n) is 8.03. The number of imidazole rings is 1. The highest BCUT2D eigenvalue weighted by Gasteiger charge is 2.29. The molecule has 0 saturated carbocycles. The second-order valence-corrected chi connectivity index (χ2v) is 8.03.